The van der Waals surface area contributed by atoms with Crippen LogP contribution >= 0.6 is 11.6 Å². The molecule has 0 fully saturated rings. The molecule has 3 aromatic heterocycles. The molecule has 0 N–H and O–H groups in total. The zero-order valence-corrected chi connectivity index (χ0v) is 17.9. The number of halogens is 1. The van der Waals surface area contributed by atoms with E-state index in [2.05, 4.69) is 20.1 Å². The summed E-state index contributed by atoms with van der Waals surface area (Å²) in [6, 6.07) is 5.21. The molecule has 8 nitrogen and oxygen atoms in total. The Morgan fingerprint density at radius 3 is 2.73 bits per heavy atom. The summed E-state index contributed by atoms with van der Waals surface area (Å²) in [5.41, 5.74) is 3.40. The third-order valence-electron chi connectivity index (χ3n) is 5.08. The number of aryl methyl sites for hydroxylation is 2. The van der Waals surface area contributed by atoms with Gasteiger partial charge in [-0.2, -0.15) is 5.10 Å². The number of nitrogens with zero attached hydrogens (tertiary/aromatic N) is 6. The van der Waals surface area contributed by atoms with E-state index < -0.39 is 0 Å². The molecule has 0 atom stereocenters. The van der Waals surface area contributed by atoms with Crippen molar-refractivity contribution in [2.24, 2.45) is 0 Å². The molecule has 0 saturated heterocycles. The molecule has 0 spiro atoms. The molecular formula is C21H21ClN6O2. The molecule has 3 heterocycles. The maximum Gasteiger partial charge on any atom is 0.273 e. The summed E-state index contributed by atoms with van der Waals surface area (Å²) < 4.78 is 7.19. The molecule has 154 valence electrons. The van der Waals surface area contributed by atoms with Gasteiger partial charge >= 0.3 is 0 Å². The molecular weight excluding hydrogens is 404 g/mol. The lowest BCUT2D eigenvalue weighted by Gasteiger charge is -2.18. The summed E-state index contributed by atoms with van der Waals surface area (Å²) in [6.45, 7) is 6.99. The normalized spacial score (nSPS) is 11.2. The van der Waals surface area contributed by atoms with Gasteiger partial charge in [-0.05, 0) is 39.0 Å². The van der Waals surface area contributed by atoms with E-state index in [0.717, 1.165) is 17.8 Å². The van der Waals surface area contributed by atoms with Gasteiger partial charge < -0.3 is 9.32 Å². The number of carbonyl (C=O) groups excluding carboxylic acids is 1. The van der Waals surface area contributed by atoms with Gasteiger partial charge in [-0.15, -0.1) is 0 Å². The molecule has 9 heteroatoms. The van der Waals surface area contributed by atoms with E-state index in [1.165, 1.54) is 6.39 Å². The third kappa shape index (κ3) is 3.54. The number of oxazole rings is 1. The highest BCUT2D eigenvalue weighted by Crippen LogP contribution is 2.26. The Kier molecular flexibility index (Phi) is 5.26. The van der Waals surface area contributed by atoms with Crippen molar-refractivity contribution in [1.82, 2.24) is 29.6 Å². The topological polar surface area (TPSA) is 89.9 Å². The second-order valence-electron chi connectivity index (χ2n) is 7.05. The van der Waals surface area contributed by atoms with Gasteiger partial charge in [0, 0.05) is 41.8 Å². The van der Waals surface area contributed by atoms with Gasteiger partial charge in [-0.3, -0.25) is 9.48 Å². The Bertz CT molecular complexity index is 1250. The van der Waals surface area contributed by atoms with E-state index in [1.54, 1.807) is 43.3 Å². The summed E-state index contributed by atoms with van der Waals surface area (Å²) in [5.74, 6) is 0.677. The first-order valence-corrected chi connectivity index (χ1v) is 9.91. The Morgan fingerprint density at radius 2 is 2.07 bits per heavy atom. The van der Waals surface area contributed by atoms with Crippen molar-refractivity contribution in [3.63, 3.8) is 0 Å². The fourth-order valence-corrected chi connectivity index (χ4v) is 3.53. The van der Waals surface area contributed by atoms with Gasteiger partial charge in [-0.25, -0.2) is 15.0 Å². The van der Waals surface area contributed by atoms with Crippen molar-refractivity contribution < 1.29 is 9.21 Å². The zero-order chi connectivity index (χ0) is 21.4. The van der Waals surface area contributed by atoms with Crippen LogP contribution in [0.25, 0.3) is 22.4 Å². The summed E-state index contributed by atoms with van der Waals surface area (Å²) in [4.78, 5) is 28.3. The highest BCUT2D eigenvalue weighted by Gasteiger charge is 2.22. The molecule has 0 bridgehead atoms. The minimum Gasteiger partial charge on any atom is -0.448 e. The van der Waals surface area contributed by atoms with Gasteiger partial charge in [0.15, 0.2) is 12.2 Å². The van der Waals surface area contributed by atoms with Crippen molar-refractivity contribution >= 4 is 28.4 Å². The monoisotopic (exact) mass is 424 g/mol. The van der Waals surface area contributed by atoms with Crippen LogP contribution in [0.3, 0.4) is 0 Å². The van der Waals surface area contributed by atoms with E-state index in [4.69, 9.17) is 16.0 Å². The second-order valence-corrected chi connectivity index (χ2v) is 7.48. The number of hydrogen-bond donors (Lipinski definition) is 0. The third-order valence-corrected chi connectivity index (χ3v) is 5.31. The SMILES string of the molecule is CCn1ncc(CN(C)C(=O)c2nc(-c3ncoc3C)nc3ccc(Cl)cc23)c1C. The zero-order valence-electron chi connectivity index (χ0n) is 17.2. The van der Waals surface area contributed by atoms with E-state index in [1.807, 2.05) is 18.5 Å². The molecule has 0 aliphatic heterocycles. The van der Waals surface area contributed by atoms with Crippen molar-refractivity contribution in [1.29, 1.82) is 0 Å². The van der Waals surface area contributed by atoms with Crippen LogP contribution in [-0.4, -0.2) is 42.6 Å². The molecule has 0 radical (unpaired) electrons. The summed E-state index contributed by atoms with van der Waals surface area (Å²) >= 11 is 6.19. The molecule has 30 heavy (non-hydrogen) atoms. The number of fused-ring (bicyclic) bond motifs is 1. The lowest BCUT2D eigenvalue weighted by molar-refractivity contribution is 0.0781. The van der Waals surface area contributed by atoms with Crippen molar-refractivity contribution in [3.05, 3.63) is 58.5 Å². The van der Waals surface area contributed by atoms with Crippen LogP contribution in [0.5, 0.6) is 0 Å². The van der Waals surface area contributed by atoms with Gasteiger partial charge in [0.1, 0.15) is 17.1 Å². The molecule has 4 aromatic rings. The van der Waals surface area contributed by atoms with Crippen LogP contribution in [0.15, 0.2) is 35.2 Å². The largest absolute Gasteiger partial charge is 0.448 e. The number of benzene rings is 1. The predicted molar refractivity (Wildman–Crippen MR) is 113 cm³/mol. The van der Waals surface area contributed by atoms with Crippen molar-refractivity contribution in [2.45, 2.75) is 33.9 Å². The molecule has 0 aliphatic carbocycles. The van der Waals surface area contributed by atoms with Crippen molar-refractivity contribution in [3.8, 4) is 11.5 Å². The Hall–Kier alpha value is -3.26. The van der Waals surface area contributed by atoms with Crippen LogP contribution in [0.1, 0.15) is 34.4 Å². The average molecular weight is 425 g/mol. The standard InChI is InChI=1S/C21H21ClN6O2/c1-5-28-12(2)14(9-24-28)10-27(4)21(29)19-16-8-15(22)6-7-17(16)25-20(26-19)18-13(3)30-11-23-18/h6-9,11H,5,10H2,1-4H3. The first-order chi connectivity index (χ1) is 14.4. The van der Waals surface area contributed by atoms with Crippen LogP contribution in [0.4, 0.5) is 0 Å². The van der Waals surface area contributed by atoms with Gasteiger partial charge in [0.05, 0.1) is 11.7 Å². The summed E-state index contributed by atoms with van der Waals surface area (Å²) in [6.07, 6.45) is 3.13. The maximum atomic E-state index is 13.4. The first-order valence-electron chi connectivity index (χ1n) is 9.53. The molecule has 1 amide bonds. The molecule has 0 saturated carbocycles. The smallest absolute Gasteiger partial charge is 0.273 e. The molecule has 4 rings (SSSR count). The van der Waals surface area contributed by atoms with E-state index in [0.29, 0.717) is 39.7 Å². The highest BCUT2D eigenvalue weighted by molar-refractivity contribution is 6.31. The summed E-state index contributed by atoms with van der Waals surface area (Å²) in [7, 11) is 1.74. The number of amides is 1. The van der Waals surface area contributed by atoms with Crippen LogP contribution in [-0.2, 0) is 13.1 Å². The average Bonchev–Trinajstić information content (AvgIpc) is 3.32. The fraction of sp³-hybridized carbons (Fsp3) is 0.286. The fourth-order valence-electron chi connectivity index (χ4n) is 3.36. The highest BCUT2D eigenvalue weighted by atomic mass is 35.5. The van der Waals surface area contributed by atoms with Crippen LogP contribution in [0.2, 0.25) is 5.02 Å². The maximum absolute atomic E-state index is 13.4. The van der Waals surface area contributed by atoms with Crippen LogP contribution in [0, 0.1) is 13.8 Å². The number of aromatic nitrogens is 5. The lowest BCUT2D eigenvalue weighted by atomic mass is 10.1. The Morgan fingerprint density at radius 1 is 1.27 bits per heavy atom. The number of rotatable bonds is 5. The molecule has 0 unspecified atom stereocenters. The van der Waals surface area contributed by atoms with Gasteiger partial charge in [0.2, 0.25) is 0 Å². The number of hydrogen-bond acceptors (Lipinski definition) is 6. The minimum absolute atomic E-state index is 0.240. The first kappa shape index (κ1) is 20.0. The van der Waals surface area contributed by atoms with E-state index in [9.17, 15) is 4.79 Å². The lowest BCUT2D eigenvalue weighted by Crippen LogP contribution is -2.28. The number of carbonyl (C=O) groups is 1. The predicted octanol–water partition coefficient (Wildman–Crippen LogP) is 4.04. The van der Waals surface area contributed by atoms with Crippen LogP contribution < -0.4 is 0 Å². The molecule has 1 aromatic carbocycles. The Labute approximate surface area is 178 Å². The van der Waals surface area contributed by atoms with E-state index in [-0.39, 0.29) is 11.6 Å². The molecule has 0 aliphatic rings. The van der Waals surface area contributed by atoms with Gasteiger partial charge in [-0.1, -0.05) is 11.6 Å². The van der Waals surface area contributed by atoms with Crippen molar-refractivity contribution in [2.75, 3.05) is 7.05 Å². The van der Waals surface area contributed by atoms with Gasteiger partial charge in [0.25, 0.3) is 5.91 Å². The minimum atomic E-state index is -0.240. The quantitative estimate of drug-likeness (QED) is 0.480. The Balaban J connectivity index is 1.77. The second kappa shape index (κ2) is 7.87. The van der Waals surface area contributed by atoms with E-state index >= 15 is 0 Å². The summed E-state index contributed by atoms with van der Waals surface area (Å²) in [5, 5.41) is 5.45.